The molecule has 0 aliphatic carbocycles. The second kappa shape index (κ2) is 6.54. The molecule has 4 nitrogen and oxygen atoms in total. The molecule has 0 N–H and O–H groups in total. The van der Waals surface area contributed by atoms with E-state index in [9.17, 15) is 0 Å². The van der Waals surface area contributed by atoms with Crippen molar-refractivity contribution in [1.29, 1.82) is 0 Å². The molecule has 66 valence electrons. The van der Waals surface area contributed by atoms with Crippen LogP contribution in [0, 0.1) is 0 Å². The quantitative estimate of drug-likeness (QED) is 0.529. The van der Waals surface area contributed by atoms with Crippen LogP contribution >= 0.6 is 12.4 Å². The molecule has 0 saturated heterocycles. The van der Waals surface area contributed by atoms with E-state index in [2.05, 4.69) is 15.1 Å². The molecule has 0 aromatic carbocycles. The van der Waals surface area contributed by atoms with Gasteiger partial charge in [-0.15, -0.1) is 12.4 Å². The van der Waals surface area contributed by atoms with Gasteiger partial charge in [0, 0.05) is 12.4 Å². The summed E-state index contributed by atoms with van der Waals surface area (Å²) in [5, 5.41) is 3.61. The fourth-order valence-electron chi connectivity index (χ4n) is 0.536. The standard InChI is InChI=1S/C7H9N3O.ClH/c1-2-11-10-6-7-8-4-3-5-9-7;/h3-6H,2H2,1H3;1H/b10-6+;. The third kappa shape index (κ3) is 3.88. The molecule has 0 radical (unpaired) electrons. The molecule has 1 aromatic rings. The summed E-state index contributed by atoms with van der Waals surface area (Å²) >= 11 is 0. The number of oxime groups is 1. The normalized spacial score (nSPS) is 9.42. The van der Waals surface area contributed by atoms with Gasteiger partial charge in [0.15, 0.2) is 5.82 Å². The predicted octanol–water partition coefficient (Wildman–Crippen LogP) is 1.27. The van der Waals surface area contributed by atoms with Gasteiger partial charge in [-0.05, 0) is 13.0 Å². The maximum Gasteiger partial charge on any atom is 0.173 e. The van der Waals surface area contributed by atoms with Gasteiger partial charge in [-0.2, -0.15) is 0 Å². The van der Waals surface area contributed by atoms with Crippen molar-refractivity contribution in [2.24, 2.45) is 5.16 Å². The summed E-state index contributed by atoms with van der Waals surface area (Å²) < 4.78 is 0. The van der Waals surface area contributed by atoms with Gasteiger partial charge in [-0.25, -0.2) is 9.97 Å². The summed E-state index contributed by atoms with van der Waals surface area (Å²) in [6.45, 7) is 2.42. The van der Waals surface area contributed by atoms with Crippen LogP contribution in [-0.4, -0.2) is 22.8 Å². The highest BCUT2D eigenvalue weighted by atomic mass is 35.5. The smallest absolute Gasteiger partial charge is 0.173 e. The van der Waals surface area contributed by atoms with E-state index in [1.165, 1.54) is 6.21 Å². The third-order valence-electron chi connectivity index (χ3n) is 0.958. The SMILES string of the molecule is CCO/N=C/c1ncccn1.Cl. The second-order valence-corrected chi connectivity index (χ2v) is 1.76. The van der Waals surface area contributed by atoms with Gasteiger partial charge in [-0.3, -0.25) is 0 Å². The van der Waals surface area contributed by atoms with Crippen molar-refractivity contribution < 1.29 is 4.84 Å². The minimum Gasteiger partial charge on any atom is -0.396 e. The fourth-order valence-corrected chi connectivity index (χ4v) is 0.536. The summed E-state index contributed by atoms with van der Waals surface area (Å²) in [7, 11) is 0. The third-order valence-corrected chi connectivity index (χ3v) is 0.958. The lowest BCUT2D eigenvalue weighted by molar-refractivity contribution is 0.160. The molecule has 0 spiro atoms. The molecule has 0 bridgehead atoms. The van der Waals surface area contributed by atoms with E-state index in [1.54, 1.807) is 18.5 Å². The lowest BCUT2D eigenvalue weighted by atomic mass is 10.6. The van der Waals surface area contributed by atoms with Gasteiger partial charge in [-0.1, -0.05) is 5.16 Å². The minimum absolute atomic E-state index is 0. The zero-order valence-electron chi connectivity index (χ0n) is 6.67. The highest BCUT2D eigenvalue weighted by Crippen LogP contribution is 1.82. The fraction of sp³-hybridized carbons (Fsp3) is 0.286. The molecule has 5 heteroatoms. The van der Waals surface area contributed by atoms with Crippen molar-refractivity contribution in [2.45, 2.75) is 6.92 Å². The molecule has 0 aliphatic heterocycles. The minimum atomic E-state index is 0. The summed E-state index contributed by atoms with van der Waals surface area (Å²) in [5.41, 5.74) is 0. The van der Waals surface area contributed by atoms with Crippen molar-refractivity contribution in [3.05, 3.63) is 24.3 Å². The number of rotatable bonds is 3. The zero-order chi connectivity index (χ0) is 7.94. The molecule has 0 aliphatic rings. The van der Waals surface area contributed by atoms with Crippen molar-refractivity contribution in [3.8, 4) is 0 Å². The maximum absolute atomic E-state index is 4.73. The molecule has 1 rings (SSSR count). The van der Waals surface area contributed by atoms with Crippen molar-refractivity contribution in [1.82, 2.24) is 9.97 Å². The van der Waals surface area contributed by atoms with Gasteiger partial charge in [0.25, 0.3) is 0 Å². The van der Waals surface area contributed by atoms with Crippen molar-refractivity contribution in [2.75, 3.05) is 6.61 Å². The molecule has 0 saturated carbocycles. The molecule has 0 fully saturated rings. The Bertz CT molecular complexity index is 227. The van der Waals surface area contributed by atoms with E-state index in [4.69, 9.17) is 4.84 Å². The van der Waals surface area contributed by atoms with Crippen molar-refractivity contribution in [3.63, 3.8) is 0 Å². The summed E-state index contributed by atoms with van der Waals surface area (Å²) in [6, 6.07) is 1.75. The molecule has 1 heterocycles. The summed E-state index contributed by atoms with van der Waals surface area (Å²) in [6.07, 6.45) is 4.78. The lowest BCUT2D eigenvalue weighted by Gasteiger charge is -1.89. The van der Waals surface area contributed by atoms with Crippen LogP contribution in [0.15, 0.2) is 23.6 Å². The molecule has 0 atom stereocenters. The largest absolute Gasteiger partial charge is 0.396 e. The molecular formula is C7H10ClN3O. The van der Waals surface area contributed by atoms with Crippen LogP contribution in [0.3, 0.4) is 0 Å². The first-order valence-electron chi connectivity index (χ1n) is 3.36. The topological polar surface area (TPSA) is 47.4 Å². The van der Waals surface area contributed by atoms with E-state index >= 15 is 0 Å². The molecular weight excluding hydrogens is 178 g/mol. The van der Waals surface area contributed by atoms with E-state index in [-0.39, 0.29) is 12.4 Å². The Kier molecular flexibility index (Phi) is 5.91. The van der Waals surface area contributed by atoms with Crippen LogP contribution in [0.4, 0.5) is 0 Å². The van der Waals surface area contributed by atoms with E-state index in [0.717, 1.165) is 0 Å². The molecule has 0 amide bonds. The van der Waals surface area contributed by atoms with Gasteiger partial charge in [0.2, 0.25) is 0 Å². The lowest BCUT2D eigenvalue weighted by Crippen LogP contribution is -1.91. The van der Waals surface area contributed by atoms with Gasteiger partial charge in [0.05, 0.1) is 0 Å². The number of aromatic nitrogens is 2. The van der Waals surface area contributed by atoms with Crippen LogP contribution in [0.2, 0.25) is 0 Å². The highest BCUT2D eigenvalue weighted by Gasteiger charge is 1.85. The highest BCUT2D eigenvalue weighted by molar-refractivity contribution is 5.85. The van der Waals surface area contributed by atoms with Gasteiger partial charge >= 0.3 is 0 Å². The Morgan fingerprint density at radius 1 is 1.50 bits per heavy atom. The first kappa shape index (κ1) is 10.8. The second-order valence-electron chi connectivity index (χ2n) is 1.76. The monoisotopic (exact) mass is 187 g/mol. The Morgan fingerprint density at radius 2 is 2.17 bits per heavy atom. The Labute approximate surface area is 77.1 Å². The van der Waals surface area contributed by atoms with Gasteiger partial charge in [0.1, 0.15) is 12.8 Å². The number of nitrogens with zero attached hydrogens (tertiary/aromatic N) is 3. The molecule has 0 unspecified atom stereocenters. The van der Waals surface area contributed by atoms with Crippen LogP contribution in [0.1, 0.15) is 12.7 Å². The maximum atomic E-state index is 4.73. The van der Waals surface area contributed by atoms with Gasteiger partial charge < -0.3 is 4.84 Å². The first-order valence-corrected chi connectivity index (χ1v) is 3.36. The van der Waals surface area contributed by atoms with Crippen LogP contribution in [-0.2, 0) is 4.84 Å². The molecule has 12 heavy (non-hydrogen) atoms. The Balaban J connectivity index is 0.00000121. The number of halogens is 1. The summed E-state index contributed by atoms with van der Waals surface area (Å²) in [5.74, 6) is 0.556. The number of hydrogen-bond donors (Lipinski definition) is 0. The number of hydrogen-bond acceptors (Lipinski definition) is 4. The average Bonchev–Trinajstić information content (AvgIpc) is 2.07. The van der Waals surface area contributed by atoms with E-state index in [0.29, 0.717) is 12.4 Å². The van der Waals surface area contributed by atoms with Crippen molar-refractivity contribution >= 4 is 18.6 Å². The zero-order valence-corrected chi connectivity index (χ0v) is 7.49. The Morgan fingerprint density at radius 3 is 2.75 bits per heavy atom. The van der Waals surface area contributed by atoms with Crippen LogP contribution in [0.25, 0.3) is 0 Å². The summed E-state index contributed by atoms with van der Waals surface area (Å²) in [4.78, 5) is 12.5. The van der Waals surface area contributed by atoms with Crippen LogP contribution in [0.5, 0.6) is 0 Å². The predicted molar refractivity (Wildman–Crippen MR) is 48.5 cm³/mol. The van der Waals surface area contributed by atoms with E-state index in [1.807, 2.05) is 6.92 Å². The van der Waals surface area contributed by atoms with Crippen LogP contribution < -0.4 is 0 Å². The van der Waals surface area contributed by atoms with E-state index < -0.39 is 0 Å². The molecule has 1 aromatic heterocycles. The Hall–Kier alpha value is -1.16. The average molecular weight is 188 g/mol. The first-order chi connectivity index (χ1) is 5.43.